The van der Waals surface area contributed by atoms with Crippen LogP contribution in [0.5, 0.6) is 0 Å². The first-order valence-corrected chi connectivity index (χ1v) is 8.42. The Morgan fingerprint density at radius 1 is 1.09 bits per heavy atom. The van der Waals surface area contributed by atoms with Crippen LogP contribution in [-0.2, 0) is 9.59 Å². The number of benzene rings is 1. The van der Waals surface area contributed by atoms with Gasteiger partial charge in [0, 0.05) is 29.8 Å². The van der Waals surface area contributed by atoms with Crippen LogP contribution in [0.15, 0.2) is 24.3 Å². The van der Waals surface area contributed by atoms with Crippen LogP contribution in [0.25, 0.3) is 0 Å². The lowest BCUT2D eigenvalue weighted by Gasteiger charge is -2.27. The van der Waals surface area contributed by atoms with Gasteiger partial charge < -0.3 is 16.4 Å². The van der Waals surface area contributed by atoms with Gasteiger partial charge in [-0.3, -0.25) is 9.59 Å². The first kappa shape index (κ1) is 17.5. The summed E-state index contributed by atoms with van der Waals surface area (Å²) in [6.45, 7) is 3.69. The molecule has 0 radical (unpaired) electrons. The maximum Gasteiger partial charge on any atom is 0.226 e. The fourth-order valence-corrected chi connectivity index (χ4v) is 2.86. The van der Waals surface area contributed by atoms with Crippen molar-refractivity contribution in [1.82, 2.24) is 0 Å². The van der Waals surface area contributed by atoms with E-state index in [1.165, 1.54) is 6.42 Å². The molecule has 0 aliphatic heterocycles. The van der Waals surface area contributed by atoms with Crippen LogP contribution in [0.4, 0.5) is 11.4 Å². The molecule has 2 amide bonds. The molecule has 23 heavy (non-hydrogen) atoms. The maximum absolute atomic E-state index is 12.1. The van der Waals surface area contributed by atoms with Gasteiger partial charge in [0.25, 0.3) is 0 Å². The number of hydrogen-bond donors (Lipinski definition) is 3. The molecule has 1 fully saturated rings. The molecule has 2 unspecified atom stereocenters. The molecule has 0 saturated heterocycles. The second-order valence-corrected chi connectivity index (χ2v) is 6.68. The summed E-state index contributed by atoms with van der Waals surface area (Å²) in [7, 11) is 0. The van der Waals surface area contributed by atoms with Crippen molar-refractivity contribution in [2.24, 2.45) is 17.6 Å². The number of carbonyl (C=O) groups is 2. The summed E-state index contributed by atoms with van der Waals surface area (Å²) in [5.74, 6) is 0.210. The topological polar surface area (TPSA) is 84.2 Å². The highest BCUT2D eigenvalue weighted by molar-refractivity contribution is 5.93. The molecule has 126 valence electrons. The molecule has 0 heterocycles. The Morgan fingerprint density at radius 3 is 2.22 bits per heavy atom. The zero-order chi connectivity index (χ0) is 16.8. The minimum Gasteiger partial charge on any atom is -0.327 e. The van der Waals surface area contributed by atoms with Crippen molar-refractivity contribution >= 4 is 23.2 Å². The molecule has 2 atom stereocenters. The van der Waals surface area contributed by atoms with E-state index in [-0.39, 0.29) is 29.7 Å². The van der Waals surface area contributed by atoms with Crippen molar-refractivity contribution in [3.63, 3.8) is 0 Å². The van der Waals surface area contributed by atoms with Gasteiger partial charge in [-0.2, -0.15) is 0 Å². The molecule has 4 N–H and O–H groups in total. The van der Waals surface area contributed by atoms with Gasteiger partial charge in [-0.25, -0.2) is 0 Å². The first-order chi connectivity index (χ1) is 11.0. The quantitative estimate of drug-likeness (QED) is 0.780. The molecule has 1 aliphatic rings. The average molecular weight is 317 g/mol. The van der Waals surface area contributed by atoms with Crippen molar-refractivity contribution in [3.05, 3.63) is 24.3 Å². The van der Waals surface area contributed by atoms with Crippen molar-refractivity contribution in [1.29, 1.82) is 0 Å². The van der Waals surface area contributed by atoms with Crippen LogP contribution in [0.1, 0.15) is 46.0 Å². The minimum absolute atomic E-state index is 0.00585. The number of anilines is 2. The molecule has 0 aromatic heterocycles. The summed E-state index contributed by atoms with van der Waals surface area (Å²) in [4.78, 5) is 23.8. The van der Waals surface area contributed by atoms with E-state index in [1.807, 2.05) is 13.8 Å². The summed E-state index contributed by atoms with van der Waals surface area (Å²) in [6, 6.07) is 7.33. The van der Waals surface area contributed by atoms with Crippen molar-refractivity contribution < 1.29 is 9.59 Å². The number of nitrogens with two attached hydrogens (primary N) is 1. The molecule has 1 aromatic carbocycles. The Labute approximate surface area is 138 Å². The van der Waals surface area contributed by atoms with Crippen LogP contribution in [0, 0.1) is 11.8 Å². The lowest BCUT2D eigenvalue weighted by atomic mass is 9.83. The zero-order valence-electron chi connectivity index (χ0n) is 14.0. The summed E-state index contributed by atoms with van der Waals surface area (Å²) >= 11 is 0. The van der Waals surface area contributed by atoms with E-state index >= 15 is 0 Å². The van der Waals surface area contributed by atoms with E-state index in [9.17, 15) is 9.59 Å². The highest BCUT2D eigenvalue weighted by Gasteiger charge is 2.24. The highest BCUT2D eigenvalue weighted by Crippen LogP contribution is 2.26. The van der Waals surface area contributed by atoms with Gasteiger partial charge in [-0.1, -0.05) is 26.7 Å². The third kappa shape index (κ3) is 5.36. The summed E-state index contributed by atoms with van der Waals surface area (Å²) in [6.07, 6.45) is 4.86. The Bertz CT molecular complexity index is 540. The van der Waals surface area contributed by atoms with E-state index in [1.54, 1.807) is 24.3 Å². The molecule has 0 spiro atoms. The van der Waals surface area contributed by atoms with Crippen LogP contribution in [-0.4, -0.2) is 17.9 Å². The third-order valence-corrected chi connectivity index (χ3v) is 4.38. The SMILES string of the molecule is CC(C)C(=O)Nc1ccc(NC(=O)CC2CCCCC2N)cc1. The van der Waals surface area contributed by atoms with Gasteiger partial charge in [0.2, 0.25) is 11.8 Å². The van der Waals surface area contributed by atoms with Gasteiger partial charge in [0.1, 0.15) is 0 Å². The van der Waals surface area contributed by atoms with Gasteiger partial charge in [0.15, 0.2) is 0 Å². The van der Waals surface area contributed by atoms with E-state index in [2.05, 4.69) is 10.6 Å². The minimum atomic E-state index is -0.0610. The van der Waals surface area contributed by atoms with Crippen LogP contribution in [0.3, 0.4) is 0 Å². The van der Waals surface area contributed by atoms with E-state index < -0.39 is 0 Å². The van der Waals surface area contributed by atoms with Gasteiger partial charge in [0.05, 0.1) is 0 Å². The predicted octanol–water partition coefficient (Wildman–Crippen LogP) is 3.13. The molecular weight excluding hydrogens is 290 g/mol. The van der Waals surface area contributed by atoms with E-state index in [4.69, 9.17) is 5.73 Å². The Hall–Kier alpha value is -1.88. The Balaban J connectivity index is 1.85. The molecule has 1 aliphatic carbocycles. The summed E-state index contributed by atoms with van der Waals surface area (Å²) < 4.78 is 0. The monoisotopic (exact) mass is 317 g/mol. The van der Waals surface area contributed by atoms with Crippen molar-refractivity contribution in [3.8, 4) is 0 Å². The standard InChI is InChI=1S/C18H27N3O2/c1-12(2)18(23)21-15-9-7-14(8-10-15)20-17(22)11-13-5-3-4-6-16(13)19/h7-10,12-13,16H,3-6,11,19H2,1-2H3,(H,20,22)(H,21,23). The number of amides is 2. The highest BCUT2D eigenvalue weighted by atomic mass is 16.2. The van der Waals surface area contributed by atoms with Gasteiger partial charge in [-0.05, 0) is 43.0 Å². The fourth-order valence-electron chi connectivity index (χ4n) is 2.86. The summed E-state index contributed by atoms with van der Waals surface area (Å²) in [5.41, 5.74) is 7.56. The van der Waals surface area contributed by atoms with Gasteiger partial charge in [-0.15, -0.1) is 0 Å². The second kappa shape index (κ2) is 8.11. The lowest BCUT2D eigenvalue weighted by Crippen LogP contribution is -2.35. The molecule has 2 rings (SSSR count). The molecule has 5 nitrogen and oxygen atoms in total. The maximum atomic E-state index is 12.1. The molecule has 0 bridgehead atoms. The fraction of sp³-hybridized carbons (Fsp3) is 0.556. The van der Waals surface area contributed by atoms with Gasteiger partial charge >= 0.3 is 0 Å². The van der Waals surface area contributed by atoms with Crippen LogP contribution >= 0.6 is 0 Å². The van der Waals surface area contributed by atoms with Crippen molar-refractivity contribution in [2.45, 2.75) is 52.0 Å². The largest absolute Gasteiger partial charge is 0.327 e. The smallest absolute Gasteiger partial charge is 0.226 e. The Kier molecular flexibility index (Phi) is 6.16. The number of rotatable bonds is 5. The van der Waals surface area contributed by atoms with Crippen LogP contribution in [0.2, 0.25) is 0 Å². The van der Waals surface area contributed by atoms with Crippen molar-refractivity contribution in [2.75, 3.05) is 10.6 Å². The lowest BCUT2D eigenvalue weighted by molar-refractivity contribution is -0.119. The average Bonchev–Trinajstić information content (AvgIpc) is 2.51. The Morgan fingerprint density at radius 2 is 1.65 bits per heavy atom. The number of hydrogen-bond acceptors (Lipinski definition) is 3. The summed E-state index contributed by atoms with van der Waals surface area (Å²) in [5, 5.41) is 5.73. The third-order valence-electron chi connectivity index (χ3n) is 4.38. The zero-order valence-corrected chi connectivity index (χ0v) is 14.0. The molecule has 5 heteroatoms. The van der Waals surface area contributed by atoms with E-state index in [0.717, 1.165) is 30.6 Å². The number of carbonyl (C=O) groups excluding carboxylic acids is 2. The number of nitrogens with one attached hydrogen (secondary N) is 2. The van der Waals surface area contributed by atoms with Crippen LogP contribution < -0.4 is 16.4 Å². The van der Waals surface area contributed by atoms with E-state index in [0.29, 0.717) is 6.42 Å². The first-order valence-electron chi connectivity index (χ1n) is 8.42. The second-order valence-electron chi connectivity index (χ2n) is 6.68. The predicted molar refractivity (Wildman–Crippen MR) is 93.1 cm³/mol. The molecule has 1 saturated carbocycles. The normalized spacial score (nSPS) is 21.0. The molecule has 1 aromatic rings. The molecular formula is C18H27N3O2.